The molecule has 0 radical (unpaired) electrons. The highest BCUT2D eigenvalue weighted by Gasteiger charge is 2.23. The molecule has 17 heavy (non-hydrogen) atoms. The SMILES string of the molecule is Cc1cc(NC(=O)CN2CCOC2=O)ccn1. The van der Waals surface area contributed by atoms with Crippen LogP contribution in [0.4, 0.5) is 10.5 Å². The molecular weight excluding hydrogens is 222 g/mol. The van der Waals surface area contributed by atoms with E-state index in [1.165, 1.54) is 4.90 Å². The maximum atomic E-state index is 11.6. The van der Waals surface area contributed by atoms with Crippen molar-refractivity contribution in [2.75, 3.05) is 25.0 Å². The van der Waals surface area contributed by atoms with Gasteiger partial charge in [-0.25, -0.2) is 4.79 Å². The number of cyclic esters (lactones) is 1. The summed E-state index contributed by atoms with van der Waals surface area (Å²) in [6, 6.07) is 3.47. The molecule has 90 valence electrons. The lowest BCUT2D eigenvalue weighted by Crippen LogP contribution is -2.33. The third kappa shape index (κ3) is 2.93. The summed E-state index contributed by atoms with van der Waals surface area (Å²) in [5.74, 6) is -0.241. The van der Waals surface area contributed by atoms with Crippen LogP contribution in [0.2, 0.25) is 0 Å². The van der Waals surface area contributed by atoms with E-state index in [0.29, 0.717) is 18.8 Å². The van der Waals surface area contributed by atoms with Crippen LogP contribution in [0.25, 0.3) is 0 Å². The minimum Gasteiger partial charge on any atom is -0.448 e. The van der Waals surface area contributed by atoms with E-state index in [-0.39, 0.29) is 12.5 Å². The molecule has 0 aliphatic carbocycles. The second kappa shape index (κ2) is 4.82. The zero-order valence-corrected chi connectivity index (χ0v) is 9.47. The Labute approximate surface area is 98.6 Å². The van der Waals surface area contributed by atoms with Crippen molar-refractivity contribution in [1.29, 1.82) is 0 Å². The Hall–Kier alpha value is -2.11. The van der Waals surface area contributed by atoms with Crippen LogP contribution in [-0.2, 0) is 9.53 Å². The molecule has 6 nitrogen and oxygen atoms in total. The number of rotatable bonds is 3. The van der Waals surface area contributed by atoms with Gasteiger partial charge in [-0.2, -0.15) is 0 Å². The highest BCUT2D eigenvalue weighted by molar-refractivity contribution is 5.94. The fourth-order valence-electron chi connectivity index (χ4n) is 1.57. The first kappa shape index (κ1) is 11.4. The number of amides is 2. The van der Waals surface area contributed by atoms with Crippen molar-refractivity contribution in [2.45, 2.75) is 6.92 Å². The van der Waals surface area contributed by atoms with E-state index in [2.05, 4.69) is 10.3 Å². The van der Waals surface area contributed by atoms with E-state index >= 15 is 0 Å². The van der Waals surface area contributed by atoms with Crippen LogP contribution in [0.3, 0.4) is 0 Å². The first-order chi connectivity index (χ1) is 8.15. The molecule has 1 aromatic heterocycles. The quantitative estimate of drug-likeness (QED) is 0.840. The zero-order chi connectivity index (χ0) is 12.3. The van der Waals surface area contributed by atoms with Crippen molar-refractivity contribution >= 4 is 17.7 Å². The van der Waals surface area contributed by atoms with Crippen LogP contribution >= 0.6 is 0 Å². The molecule has 1 saturated heterocycles. The van der Waals surface area contributed by atoms with Crippen molar-refractivity contribution in [3.05, 3.63) is 24.0 Å². The van der Waals surface area contributed by atoms with Crippen molar-refractivity contribution in [3.8, 4) is 0 Å². The summed E-state index contributed by atoms with van der Waals surface area (Å²) < 4.78 is 4.73. The van der Waals surface area contributed by atoms with E-state index in [9.17, 15) is 9.59 Å². The van der Waals surface area contributed by atoms with E-state index in [4.69, 9.17) is 4.74 Å². The highest BCUT2D eigenvalue weighted by atomic mass is 16.6. The minimum atomic E-state index is -0.439. The predicted octanol–water partition coefficient (Wildman–Crippen LogP) is 0.781. The number of nitrogens with one attached hydrogen (secondary N) is 1. The molecule has 0 saturated carbocycles. The molecule has 1 aromatic rings. The van der Waals surface area contributed by atoms with Crippen molar-refractivity contribution < 1.29 is 14.3 Å². The summed E-state index contributed by atoms with van der Waals surface area (Å²) in [4.78, 5) is 28.2. The van der Waals surface area contributed by atoms with E-state index in [1.807, 2.05) is 6.92 Å². The molecule has 1 fully saturated rings. The molecule has 1 N–H and O–H groups in total. The van der Waals surface area contributed by atoms with Gasteiger partial charge in [-0.1, -0.05) is 0 Å². The Bertz CT molecular complexity index is 447. The third-order valence-electron chi connectivity index (χ3n) is 2.36. The van der Waals surface area contributed by atoms with Gasteiger partial charge >= 0.3 is 6.09 Å². The van der Waals surface area contributed by atoms with Crippen LogP contribution in [0.15, 0.2) is 18.3 Å². The molecular formula is C11H13N3O3. The fraction of sp³-hybridized carbons (Fsp3) is 0.364. The van der Waals surface area contributed by atoms with Gasteiger partial charge < -0.3 is 10.1 Å². The van der Waals surface area contributed by atoms with Crippen LogP contribution in [0.5, 0.6) is 0 Å². The summed E-state index contributed by atoms with van der Waals surface area (Å²) >= 11 is 0. The van der Waals surface area contributed by atoms with Crippen molar-refractivity contribution in [3.63, 3.8) is 0 Å². The van der Waals surface area contributed by atoms with Crippen LogP contribution < -0.4 is 5.32 Å². The molecule has 2 amide bonds. The molecule has 2 heterocycles. The molecule has 1 aliphatic heterocycles. The number of anilines is 1. The molecule has 2 rings (SSSR count). The number of carbonyl (C=O) groups is 2. The number of ether oxygens (including phenoxy) is 1. The number of carbonyl (C=O) groups excluding carboxylic acids is 2. The number of nitrogens with zero attached hydrogens (tertiary/aromatic N) is 2. The number of hydrogen-bond acceptors (Lipinski definition) is 4. The lowest BCUT2D eigenvalue weighted by Gasteiger charge is -2.12. The average molecular weight is 235 g/mol. The Morgan fingerprint density at radius 3 is 3.12 bits per heavy atom. The Morgan fingerprint density at radius 1 is 1.65 bits per heavy atom. The first-order valence-corrected chi connectivity index (χ1v) is 5.29. The van der Waals surface area contributed by atoms with E-state index in [0.717, 1.165) is 5.69 Å². The molecule has 0 atom stereocenters. The average Bonchev–Trinajstić information content (AvgIpc) is 2.64. The summed E-state index contributed by atoms with van der Waals surface area (Å²) in [6.07, 6.45) is 1.18. The van der Waals surface area contributed by atoms with Crippen LogP contribution in [0, 0.1) is 6.92 Å². The Balaban J connectivity index is 1.91. The third-order valence-corrected chi connectivity index (χ3v) is 2.36. The predicted molar refractivity (Wildman–Crippen MR) is 60.5 cm³/mol. The largest absolute Gasteiger partial charge is 0.448 e. The topological polar surface area (TPSA) is 71.5 Å². The van der Waals surface area contributed by atoms with Crippen LogP contribution in [0.1, 0.15) is 5.69 Å². The normalized spacial score (nSPS) is 14.6. The minimum absolute atomic E-state index is 0.0141. The number of aromatic nitrogens is 1. The Morgan fingerprint density at radius 2 is 2.47 bits per heavy atom. The summed E-state index contributed by atoms with van der Waals surface area (Å²) in [5.41, 5.74) is 1.50. The molecule has 6 heteroatoms. The van der Waals surface area contributed by atoms with Gasteiger partial charge in [-0.3, -0.25) is 14.7 Å². The molecule has 0 spiro atoms. The number of aryl methyl sites for hydroxylation is 1. The van der Waals surface area contributed by atoms with Gasteiger partial charge in [0.15, 0.2) is 0 Å². The molecule has 0 unspecified atom stereocenters. The fourth-order valence-corrected chi connectivity index (χ4v) is 1.57. The van der Waals surface area contributed by atoms with E-state index in [1.54, 1.807) is 18.3 Å². The second-order valence-electron chi connectivity index (χ2n) is 3.77. The first-order valence-electron chi connectivity index (χ1n) is 5.29. The summed E-state index contributed by atoms with van der Waals surface area (Å²) in [6.45, 7) is 2.66. The van der Waals surface area contributed by atoms with Gasteiger partial charge in [0.1, 0.15) is 13.2 Å². The van der Waals surface area contributed by atoms with Gasteiger partial charge in [0, 0.05) is 17.6 Å². The summed E-state index contributed by atoms with van der Waals surface area (Å²) in [5, 5.41) is 2.70. The van der Waals surface area contributed by atoms with E-state index < -0.39 is 6.09 Å². The number of hydrogen-bond donors (Lipinski definition) is 1. The monoisotopic (exact) mass is 235 g/mol. The van der Waals surface area contributed by atoms with Gasteiger partial charge in [-0.05, 0) is 19.1 Å². The number of pyridine rings is 1. The summed E-state index contributed by atoms with van der Waals surface area (Å²) in [7, 11) is 0. The zero-order valence-electron chi connectivity index (χ0n) is 9.47. The Kier molecular flexibility index (Phi) is 3.22. The lowest BCUT2D eigenvalue weighted by molar-refractivity contribution is -0.116. The van der Waals surface area contributed by atoms with Gasteiger partial charge in [0.25, 0.3) is 0 Å². The van der Waals surface area contributed by atoms with Gasteiger partial charge in [-0.15, -0.1) is 0 Å². The molecule has 0 bridgehead atoms. The lowest BCUT2D eigenvalue weighted by atomic mass is 10.3. The maximum absolute atomic E-state index is 11.6. The van der Waals surface area contributed by atoms with Crippen LogP contribution in [-0.4, -0.2) is 41.6 Å². The molecule has 0 aromatic carbocycles. The van der Waals surface area contributed by atoms with Crippen molar-refractivity contribution in [2.24, 2.45) is 0 Å². The molecule has 1 aliphatic rings. The van der Waals surface area contributed by atoms with Crippen molar-refractivity contribution in [1.82, 2.24) is 9.88 Å². The van der Waals surface area contributed by atoms with Gasteiger partial charge in [0.2, 0.25) is 5.91 Å². The smallest absolute Gasteiger partial charge is 0.410 e. The second-order valence-corrected chi connectivity index (χ2v) is 3.77. The highest BCUT2D eigenvalue weighted by Crippen LogP contribution is 2.08. The van der Waals surface area contributed by atoms with Gasteiger partial charge in [0.05, 0.1) is 6.54 Å². The standard InChI is InChI=1S/C11H13N3O3/c1-8-6-9(2-3-12-8)13-10(15)7-14-4-5-17-11(14)16/h2-3,6H,4-5,7H2,1H3,(H,12,13,15). The maximum Gasteiger partial charge on any atom is 0.410 e.